The summed E-state index contributed by atoms with van der Waals surface area (Å²) in [5.41, 5.74) is 2.76. The number of thioether (sulfide) groups is 1. The Kier molecular flexibility index (Phi) is 7.98. The minimum absolute atomic E-state index is 0.515. The van der Waals surface area contributed by atoms with Gasteiger partial charge in [-0.2, -0.15) is 11.8 Å². The van der Waals surface area contributed by atoms with Crippen molar-refractivity contribution in [3.63, 3.8) is 0 Å². The van der Waals surface area contributed by atoms with Crippen LogP contribution in [0.2, 0.25) is 0 Å². The van der Waals surface area contributed by atoms with Crippen molar-refractivity contribution >= 4 is 34.6 Å². The van der Waals surface area contributed by atoms with Crippen LogP contribution in [0.25, 0.3) is 11.0 Å². The molecule has 1 N–H and O–H groups in total. The van der Waals surface area contributed by atoms with Gasteiger partial charge in [0.15, 0.2) is 11.6 Å². The summed E-state index contributed by atoms with van der Waals surface area (Å²) in [6.45, 7) is 5.31. The van der Waals surface area contributed by atoms with Crippen molar-refractivity contribution in [2.45, 2.75) is 39.2 Å². The Morgan fingerprint density at radius 1 is 1.09 bits per heavy atom. The van der Waals surface area contributed by atoms with Crippen LogP contribution in [0.5, 0.6) is 5.75 Å². The number of hydrogen-bond donors (Lipinski definition) is 1. The van der Waals surface area contributed by atoms with Crippen LogP contribution in [0.15, 0.2) is 36.7 Å². The second-order valence-corrected chi connectivity index (χ2v) is 9.09. The lowest BCUT2D eigenvalue weighted by atomic mass is 10.1. The maximum Gasteiger partial charge on any atom is 0.223 e. The average Bonchev–Trinajstić information content (AvgIpc) is 3.35. The molecule has 7 nitrogen and oxygen atoms in total. The SMILES string of the molecule is CCN(CC1CCCC1)c1nc2ccccc2nc1CNc1ncc(OCCSC)cn1. The van der Waals surface area contributed by atoms with Gasteiger partial charge in [-0.25, -0.2) is 19.9 Å². The van der Waals surface area contributed by atoms with Crippen LogP contribution in [0.3, 0.4) is 0 Å². The van der Waals surface area contributed by atoms with E-state index in [1.54, 1.807) is 24.2 Å². The van der Waals surface area contributed by atoms with Gasteiger partial charge in [-0.1, -0.05) is 25.0 Å². The number of ether oxygens (including phenoxy) is 1. The highest BCUT2D eigenvalue weighted by Gasteiger charge is 2.21. The fourth-order valence-corrected chi connectivity index (χ4v) is 4.41. The maximum atomic E-state index is 5.64. The van der Waals surface area contributed by atoms with E-state index in [-0.39, 0.29) is 0 Å². The standard InChI is InChI=1S/C24H32N6OS/c1-3-30(17-18-8-4-5-9-18)23-22(28-20-10-6-7-11-21(20)29-23)16-27-24-25-14-19(15-26-24)31-12-13-32-2/h6-7,10-11,14-15,18H,3-5,8-9,12-13,16-17H2,1-2H3,(H,25,26,27). The van der Waals surface area contributed by atoms with Gasteiger partial charge >= 0.3 is 0 Å². The first-order valence-electron chi connectivity index (χ1n) is 11.4. The zero-order valence-electron chi connectivity index (χ0n) is 19.0. The molecule has 0 atom stereocenters. The van der Waals surface area contributed by atoms with Gasteiger partial charge in [-0.15, -0.1) is 0 Å². The highest BCUT2D eigenvalue weighted by molar-refractivity contribution is 7.98. The first kappa shape index (κ1) is 22.6. The van der Waals surface area contributed by atoms with Crippen LogP contribution < -0.4 is 15.0 Å². The summed E-state index contributed by atoms with van der Waals surface area (Å²) >= 11 is 1.75. The van der Waals surface area contributed by atoms with Crippen LogP contribution in [-0.4, -0.2) is 51.6 Å². The van der Waals surface area contributed by atoms with E-state index in [2.05, 4.69) is 33.4 Å². The number of benzene rings is 1. The van der Waals surface area contributed by atoms with Crippen molar-refractivity contribution < 1.29 is 4.74 Å². The molecule has 0 unspecified atom stereocenters. The molecule has 4 rings (SSSR count). The molecule has 2 heterocycles. The van der Waals surface area contributed by atoms with E-state index in [4.69, 9.17) is 14.7 Å². The summed E-state index contributed by atoms with van der Waals surface area (Å²) in [5.74, 6) is 3.89. The van der Waals surface area contributed by atoms with Crippen molar-refractivity contribution in [3.8, 4) is 5.75 Å². The number of hydrogen-bond acceptors (Lipinski definition) is 8. The summed E-state index contributed by atoms with van der Waals surface area (Å²) < 4.78 is 5.64. The normalized spacial score (nSPS) is 14.1. The Morgan fingerprint density at radius 3 is 2.50 bits per heavy atom. The molecule has 0 saturated heterocycles. The fraction of sp³-hybridized carbons (Fsp3) is 0.500. The van der Waals surface area contributed by atoms with Crippen LogP contribution in [-0.2, 0) is 6.54 Å². The molecule has 8 heteroatoms. The zero-order valence-corrected chi connectivity index (χ0v) is 19.8. The van der Waals surface area contributed by atoms with E-state index in [0.29, 0.717) is 24.8 Å². The second-order valence-electron chi connectivity index (χ2n) is 8.11. The van der Waals surface area contributed by atoms with Gasteiger partial charge < -0.3 is 15.0 Å². The first-order chi connectivity index (χ1) is 15.8. The van der Waals surface area contributed by atoms with Crippen molar-refractivity contribution in [2.75, 3.05) is 41.9 Å². The van der Waals surface area contributed by atoms with Crippen molar-refractivity contribution in [3.05, 3.63) is 42.4 Å². The van der Waals surface area contributed by atoms with Crippen molar-refractivity contribution in [2.24, 2.45) is 5.92 Å². The van der Waals surface area contributed by atoms with Crippen molar-refractivity contribution in [1.82, 2.24) is 19.9 Å². The molecule has 0 amide bonds. The topological polar surface area (TPSA) is 76.1 Å². The molecule has 1 aliphatic rings. The molecular weight excluding hydrogens is 420 g/mol. The van der Waals surface area contributed by atoms with Gasteiger partial charge in [0.05, 0.1) is 36.6 Å². The molecule has 0 spiro atoms. The van der Waals surface area contributed by atoms with Gasteiger partial charge in [0, 0.05) is 18.8 Å². The summed E-state index contributed by atoms with van der Waals surface area (Å²) in [5, 5.41) is 3.32. The molecule has 1 aromatic carbocycles. The molecule has 1 fully saturated rings. The molecular formula is C24H32N6OS. The predicted molar refractivity (Wildman–Crippen MR) is 133 cm³/mol. The third kappa shape index (κ3) is 5.79. The van der Waals surface area contributed by atoms with E-state index in [1.165, 1.54) is 25.7 Å². The zero-order chi connectivity index (χ0) is 22.2. The van der Waals surface area contributed by atoms with Crippen molar-refractivity contribution in [1.29, 1.82) is 0 Å². The quantitative estimate of drug-likeness (QED) is 0.416. The van der Waals surface area contributed by atoms with Crippen LogP contribution in [0, 0.1) is 5.92 Å². The van der Waals surface area contributed by atoms with Gasteiger partial charge in [-0.3, -0.25) is 0 Å². The average molecular weight is 453 g/mol. The van der Waals surface area contributed by atoms with E-state index in [9.17, 15) is 0 Å². The number of para-hydroxylation sites is 2. The number of fused-ring (bicyclic) bond motifs is 1. The van der Waals surface area contributed by atoms with E-state index in [1.807, 2.05) is 24.3 Å². The number of nitrogens with one attached hydrogen (secondary N) is 1. The van der Waals surface area contributed by atoms with E-state index < -0.39 is 0 Å². The van der Waals surface area contributed by atoms with Crippen LogP contribution in [0.4, 0.5) is 11.8 Å². The van der Waals surface area contributed by atoms with Gasteiger partial charge in [0.1, 0.15) is 5.69 Å². The minimum atomic E-state index is 0.515. The molecule has 3 aromatic rings. The molecule has 0 radical (unpaired) electrons. The number of nitrogens with zero attached hydrogens (tertiary/aromatic N) is 5. The lowest BCUT2D eigenvalue weighted by Gasteiger charge is -2.27. The highest BCUT2D eigenvalue weighted by Crippen LogP contribution is 2.29. The minimum Gasteiger partial charge on any atom is -0.489 e. The summed E-state index contributed by atoms with van der Waals surface area (Å²) in [4.78, 5) is 21.1. The number of anilines is 2. The summed E-state index contributed by atoms with van der Waals surface area (Å²) in [6.07, 6.45) is 10.8. The Balaban J connectivity index is 1.51. The molecule has 1 saturated carbocycles. The monoisotopic (exact) mass is 452 g/mol. The largest absolute Gasteiger partial charge is 0.489 e. The first-order valence-corrected chi connectivity index (χ1v) is 12.8. The third-order valence-electron chi connectivity index (χ3n) is 5.85. The van der Waals surface area contributed by atoms with Gasteiger partial charge in [0.2, 0.25) is 5.95 Å². The lowest BCUT2D eigenvalue weighted by molar-refractivity contribution is 0.341. The van der Waals surface area contributed by atoms with Gasteiger partial charge in [0.25, 0.3) is 0 Å². The number of rotatable bonds is 11. The molecule has 0 bridgehead atoms. The van der Waals surface area contributed by atoms with Crippen LogP contribution >= 0.6 is 11.8 Å². The predicted octanol–water partition coefficient (Wildman–Crippen LogP) is 4.79. The maximum absolute atomic E-state index is 5.64. The van der Waals surface area contributed by atoms with E-state index >= 15 is 0 Å². The lowest BCUT2D eigenvalue weighted by Crippen LogP contribution is -2.31. The second kappa shape index (κ2) is 11.3. The molecule has 32 heavy (non-hydrogen) atoms. The smallest absolute Gasteiger partial charge is 0.223 e. The van der Waals surface area contributed by atoms with E-state index in [0.717, 1.165) is 47.3 Å². The Hall–Kier alpha value is -2.61. The Morgan fingerprint density at radius 2 is 1.81 bits per heavy atom. The summed E-state index contributed by atoms with van der Waals surface area (Å²) in [7, 11) is 0. The molecule has 2 aromatic heterocycles. The molecule has 0 aliphatic heterocycles. The van der Waals surface area contributed by atoms with Gasteiger partial charge in [-0.05, 0) is 44.1 Å². The Bertz CT molecular complexity index is 993. The molecule has 1 aliphatic carbocycles. The number of aromatic nitrogens is 4. The fourth-order valence-electron chi connectivity index (χ4n) is 4.16. The summed E-state index contributed by atoms with van der Waals surface area (Å²) in [6, 6.07) is 8.07. The Labute approximate surface area is 194 Å². The molecule has 170 valence electrons. The highest BCUT2D eigenvalue weighted by atomic mass is 32.2. The third-order valence-corrected chi connectivity index (χ3v) is 6.43. The van der Waals surface area contributed by atoms with Crippen LogP contribution in [0.1, 0.15) is 38.3 Å².